The van der Waals surface area contributed by atoms with Crippen LogP contribution in [-0.4, -0.2) is 48.0 Å². The number of piperidine rings is 1. The molecule has 1 aliphatic rings. The Bertz CT molecular complexity index is 331. The Kier molecular flexibility index (Phi) is 5.86. The van der Waals surface area contributed by atoms with Crippen LogP contribution in [0.25, 0.3) is 0 Å². The highest BCUT2D eigenvalue weighted by molar-refractivity contribution is 4.91. The highest BCUT2D eigenvalue weighted by atomic mass is 16.3. The summed E-state index contributed by atoms with van der Waals surface area (Å²) >= 11 is 0. The van der Waals surface area contributed by atoms with E-state index in [1.807, 2.05) is 0 Å². The van der Waals surface area contributed by atoms with Gasteiger partial charge in [-0.3, -0.25) is 4.90 Å². The van der Waals surface area contributed by atoms with E-state index in [1.54, 1.807) is 6.26 Å². The lowest BCUT2D eigenvalue weighted by molar-refractivity contribution is 0.147. The van der Waals surface area contributed by atoms with Crippen molar-refractivity contribution < 1.29 is 4.42 Å². The molecule has 1 aromatic heterocycles. The van der Waals surface area contributed by atoms with E-state index in [9.17, 15) is 0 Å². The van der Waals surface area contributed by atoms with E-state index in [2.05, 4.69) is 28.8 Å². The molecule has 0 N–H and O–H groups in total. The summed E-state index contributed by atoms with van der Waals surface area (Å²) in [5.74, 6) is 0.871. The zero-order valence-corrected chi connectivity index (χ0v) is 12.3. The molecule has 2 rings (SSSR count). The van der Waals surface area contributed by atoms with Gasteiger partial charge in [-0.2, -0.15) is 0 Å². The van der Waals surface area contributed by atoms with Crippen molar-refractivity contribution in [2.24, 2.45) is 5.92 Å². The number of unbranched alkanes of at least 4 members (excludes halogenated alkanes) is 1. The van der Waals surface area contributed by atoms with Gasteiger partial charge >= 0.3 is 0 Å². The standard InChI is InChI=1S/C15H27N3O/c1-3-4-7-17(2)10-14-5-8-18(9-6-14)11-15-12-19-13-16-15/h12-14H,3-11H2,1-2H3. The zero-order valence-electron chi connectivity index (χ0n) is 12.3. The maximum Gasteiger partial charge on any atom is 0.180 e. The molecule has 2 heterocycles. The van der Waals surface area contributed by atoms with Gasteiger partial charge in [-0.25, -0.2) is 4.98 Å². The predicted octanol–water partition coefficient (Wildman–Crippen LogP) is 2.62. The predicted molar refractivity (Wildman–Crippen MR) is 76.9 cm³/mol. The van der Waals surface area contributed by atoms with E-state index in [1.165, 1.54) is 58.3 Å². The summed E-state index contributed by atoms with van der Waals surface area (Å²) in [6.45, 7) is 8.09. The Morgan fingerprint density at radius 3 is 2.84 bits per heavy atom. The number of nitrogens with zero attached hydrogens (tertiary/aromatic N) is 3. The van der Waals surface area contributed by atoms with E-state index in [-0.39, 0.29) is 0 Å². The largest absolute Gasteiger partial charge is 0.451 e. The molecule has 0 amide bonds. The molecule has 19 heavy (non-hydrogen) atoms. The van der Waals surface area contributed by atoms with Gasteiger partial charge in [-0.15, -0.1) is 0 Å². The normalized spacial score (nSPS) is 18.3. The van der Waals surface area contributed by atoms with Crippen LogP contribution in [0.1, 0.15) is 38.3 Å². The van der Waals surface area contributed by atoms with Crippen molar-refractivity contribution in [3.05, 3.63) is 18.4 Å². The minimum atomic E-state index is 0.871. The van der Waals surface area contributed by atoms with Crippen LogP contribution in [0, 0.1) is 5.92 Å². The van der Waals surface area contributed by atoms with E-state index in [0.29, 0.717) is 0 Å². The fourth-order valence-corrected chi connectivity index (χ4v) is 2.83. The van der Waals surface area contributed by atoms with Crippen LogP contribution in [0.3, 0.4) is 0 Å². The summed E-state index contributed by atoms with van der Waals surface area (Å²) in [5, 5.41) is 0. The van der Waals surface area contributed by atoms with Gasteiger partial charge in [0, 0.05) is 13.1 Å². The molecule has 1 saturated heterocycles. The molecule has 4 heteroatoms. The van der Waals surface area contributed by atoms with Crippen molar-refractivity contribution in [1.82, 2.24) is 14.8 Å². The smallest absolute Gasteiger partial charge is 0.180 e. The van der Waals surface area contributed by atoms with Gasteiger partial charge in [-0.1, -0.05) is 13.3 Å². The summed E-state index contributed by atoms with van der Waals surface area (Å²) in [4.78, 5) is 9.18. The lowest BCUT2D eigenvalue weighted by atomic mass is 9.96. The first-order valence-corrected chi connectivity index (χ1v) is 7.56. The van der Waals surface area contributed by atoms with Gasteiger partial charge in [0.15, 0.2) is 6.39 Å². The molecule has 108 valence electrons. The molecular weight excluding hydrogens is 238 g/mol. The first-order chi connectivity index (χ1) is 9.28. The Morgan fingerprint density at radius 2 is 2.21 bits per heavy atom. The lowest BCUT2D eigenvalue weighted by Crippen LogP contribution is -2.37. The van der Waals surface area contributed by atoms with Gasteiger partial charge in [-0.05, 0) is 51.9 Å². The Balaban J connectivity index is 1.64. The fourth-order valence-electron chi connectivity index (χ4n) is 2.83. The van der Waals surface area contributed by atoms with Crippen molar-refractivity contribution >= 4 is 0 Å². The molecule has 1 fully saturated rings. The molecule has 1 aliphatic heterocycles. The van der Waals surface area contributed by atoms with Crippen LogP contribution in [0.15, 0.2) is 17.1 Å². The van der Waals surface area contributed by atoms with E-state index >= 15 is 0 Å². The van der Waals surface area contributed by atoms with Crippen molar-refractivity contribution in [3.63, 3.8) is 0 Å². The third kappa shape index (κ3) is 4.96. The Morgan fingerprint density at radius 1 is 1.42 bits per heavy atom. The minimum absolute atomic E-state index is 0.871. The molecule has 0 bridgehead atoms. The second-order valence-electron chi connectivity index (χ2n) is 5.82. The molecule has 4 nitrogen and oxygen atoms in total. The monoisotopic (exact) mass is 265 g/mol. The molecule has 0 atom stereocenters. The van der Waals surface area contributed by atoms with Crippen LogP contribution in [-0.2, 0) is 6.54 Å². The second-order valence-corrected chi connectivity index (χ2v) is 5.82. The van der Waals surface area contributed by atoms with E-state index in [0.717, 1.165) is 18.2 Å². The third-order valence-electron chi connectivity index (χ3n) is 4.04. The second kappa shape index (κ2) is 7.65. The van der Waals surface area contributed by atoms with Gasteiger partial charge in [0.25, 0.3) is 0 Å². The van der Waals surface area contributed by atoms with Gasteiger partial charge in [0.05, 0.1) is 5.69 Å². The number of aromatic nitrogens is 1. The fraction of sp³-hybridized carbons (Fsp3) is 0.800. The molecule has 1 aromatic rings. The SMILES string of the molecule is CCCCN(C)CC1CCN(Cc2cocn2)CC1. The van der Waals surface area contributed by atoms with Gasteiger partial charge < -0.3 is 9.32 Å². The summed E-state index contributed by atoms with van der Waals surface area (Å²) in [6.07, 6.45) is 8.51. The molecule has 0 radical (unpaired) electrons. The first kappa shape index (κ1) is 14.5. The number of likely N-dealkylation sites (tertiary alicyclic amines) is 1. The average Bonchev–Trinajstić information content (AvgIpc) is 2.91. The molecule has 0 saturated carbocycles. The van der Waals surface area contributed by atoms with Crippen molar-refractivity contribution in [1.29, 1.82) is 0 Å². The molecule has 0 unspecified atom stereocenters. The third-order valence-corrected chi connectivity index (χ3v) is 4.04. The van der Waals surface area contributed by atoms with Crippen LogP contribution in [0.2, 0.25) is 0 Å². The Hall–Kier alpha value is -0.870. The molecular formula is C15H27N3O. The number of hydrogen-bond donors (Lipinski definition) is 0. The van der Waals surface area contributed by atoms with E-state index in [4.69, 9.17) is 4.42 Å². The van der Waals surface area contributed by atoms with Gasteiger partial charge in [0.1, 0.15) is 6.26 Å². The van der Waals surface area contributed by atoms with Crippen molar-refractivity contribution in [2.75, 3.05) is 33.2 Å². The van der Waals surface area contributed by atoms with Crippen LogP contribution < -0.4 is 0 Å². The highest BCUT2D eigenvalue weighted by Crippen LogP contribution is 2.19. The quantitative estimate of drug-likeness (QED) is 0.758. The first-order valence-electron chi connectivity index (χ1n) is 7.56. The zero-order chi connectivity index (χ0) is 13.5. The maximum absolute atomic E-state index is 5.02. The summed E-state index contributed by atoms with van der Waals surface area (Å²) in [6, 6.07) is 0. The van der Waals surface area contributed by atoms with Crippen LogP contribution in [0.5, 0.6) is 0 Å². The van der Waals surface area contributed by atoms with Gasteiger partial charge in [0.2, 0.25) is 0 Å². The number of oxazole rings is 1. The van der Waals surface area contributed by atoms with Crippen molar-refractivity contribution in [2.45, 2.75) is 39.2 Å². The van der Waals surface area contributed by atoms with E-state index < -0.39 is 0 Å². The summed E-state index contributed by atoms with van der Waals surface area (Å²) in [5.41, 5.74) is 1.05. The topological polar surface area (TPSA) is 32.5 Å². The number of rotatable bonds is 7. The van der Waals surface area contributed by atoms with Crippen LogP contribution in [0.4, 0.5) is 0 Å². The average molecular weight is 265 g/mol. The lowest BCUT2D eigenvalue weighted by Gasteiger charge is -2.33. The summed E-state index contributed by atoms with van der Waals surface area (Å²) < 4.78 is 5.02. The summed E-state index contributed by atoms with van der Waals surface area (Å²) in [7, 11) is 2.26. The minimum Gasteiger partial charge on any atom is -0.451 e. The van der Waals surface area contributed by atoms with Crippen LogP contribution >= 0.6 is 0 Å². The molecule has 0 aliphatic carbocycles. The molecule has 0 aromatic carbocycles. The maximum atomic E-state index is 5.02. The Labute approximate surface area is 116 Å². The molecule has 0 spiro atoms. The van der Waals surface area contributed by atoms with Crippen molar-refractivity contribution in [3.8, 4) is 0 Å². The number of hydrogen-bond acceptors (Lipinski definition) is 4. The highest BCUT2D eigenvalue weighted by Gasteiger charge is 2.20.